The number of rotatable bonds is 9. The van der Waals surface area contributed by atoms with Gasteiger partial charge in [0, 0.05) is 18.7 Å². The third-order valence-electron chi connectivity index (χ3n) is 4.08. The zero-order chi connectivity index (χ0) is 19.2. The summed E-state index contributed by atoms with van der Waals surface area (Å²) < 4.78 is 27.6. The number of carbonyl (C=O) groups excluding carboxylic acids is 1. The molecule has 2 rings (SSSR count). The van der Waals surface area contributed by atoms with Gasteiger partial charge in [0.05, 0.1) is 4.90 Å². The van der Waals surface area contributed by atoms with E-state index in [0.29, 0.717) is 31.5 Å². The van der Waals surface area contributed by atoms with E-state index in [-0.39, 0.29) is 10.5 Å². The van der Waals surface area contributed by atoms with Crippen molar-refractivity contribution in [1.29, 1.82) is 0 Å². The lowest BCUT2D eigenvalue weighted by Crippen LogP contribution is -2.33. The number of aliphatic hydroxyl groups is 1. The van der Waals surface area contributed by atoms with Crippen molar-refractivity contribution in [1.82, 2.24) is 4.31 Å². The van der Waals surface area contributed by atoms with Gasteiger partial charge in [-0.2, -0.15) is 4.31 Å². The van der Waals surface area contributed by atoms with E-state index in [1.807, 2.05) is 13.8 Å². The predicted molar refractivity (Wildman–Crippen MR) is 102 cm³/mol. The summed E-state index contributed by atoms with van der Waals surface area (Å²) in [6.07, 6.45) is -0.0393. The molecule has 2 aromatic rings. The molecule has 0 saturated heterocycles. The normalized spacial score (nSPS) is 12.9. The Hall–Kier alpha value is -2.02. The number of hydrogen-bond donors (Lipinski definition) is 1. The highest BCUT2D eigenvalue weighted by atomic mass is 32.2. The first-order valence-electron chi connectivity index (χ1n) is 8.79. The molecule has 6 heteroatoms. The Bertz CT molecular complexity index is 828. The topological polar surface area (TPSA) is 74.7 Å². The molecule has 0 aliphatic heterocycles. The van der Waals surface area contributed by atoms with Crippen LogP contribution in [0.25, 0.3) is 0 Å². The first-order chi connectivity index (χ1) is 12.4. The highest BCUT2D eigenvalue weighted by molar-refractivity contribution is 7.89. The summed E-state index contributed by atoms with van der Waals surface area (Å²) in [5, 5.41) is 10.4. The number of Topliss-reactive ketones (excluding diaryl/α,β-unsaturated/α-hetero) is 1. The van der Waals surface area contributed by atoms with Gasteiger partial charge in [-0.3, -0.25) is 4.79 Å². The summed E-state index contributed by atoms with van der Waals surface area (Å²) in [6, 6.07) is 14.6. The minimum Gasteiger partial charge on any atom is -0.380 e. The molecule has 0 heterocycles. The summed E-state index contributed by atoms with van der Waals surface area (Å²) in [6.45, 7) is 4.60. The number of sulfonamides is 1. The van der Waals surface area contributed by atoms with E-state index in [9.17, 15) is 18.3 Å². The van der Waals surface area contributed by atoms with Crippen LogP contribution in [0.1, 0.15) is 48.7 Å². The van der Waals surface area contributed by atoms with Gasteiger partial charge in [-0.05, 0) is 30.5 Å². The summed E-state index contributed by atoms with van der Waals surface area (Å²) >= 11 is 0. The minimum atomic E-state index is -3.82. The second-order valence-electron chi connectivity index (χ2n) is 6.08. The smallest absolute Gasteiger partial charge is 0.243 e. The average molecular weight is 375 g/mol. The van der Waals surface area contributed by atoms with E-state index >= 15 is 0 Å². The maximum atomic E-state index is 13.1. The zero-order valence-corrected chi connectivity index (χ0v) is 15.9. The van der Waals surface area contributed by atoms with Crippen LogP contribution in [0.3, 0.4) is 0 Å². The van der Waals surface area contributed by atoms with Crippen LogP contribution in [-0.4, -0.2) is 36.7 Å². The first kappa shape index (κ1) is 20.3. The van der Waals surface area contributed by atoms with Crippen molar-refractivity contribution in [2.75, 3.05) is 13.1 Å². The molecule has 2 aromatic carbocycles. The van der Waals surface area contributed by atoms with Crippen molar-refractivity contribution >= 4 is 15.8 Å². The van der Waals surface area contributed by atoms with Crippen LogP contribution in [0.5, 0.6) is 0 Å². The van der Waals surface area contributed by atoms with Crippen molar-refractivity contribution in [2.24, 2.45) is 0 Å². The Morgan fingerprint density at radius 1 is 0.962 bits per heavy atom. The number of hydrogen-bond acceptors (Lipinski definition) is 4. The third kappa shape index (κ3) is 4.38. The minimum absolute atomic E-state index is 0.0149. The Morgan fingerprint density at radius 2 is 1.50 bits per heavy atom. The monoisotopic (exact) mass is 375 g/mol. The molecular formula is C20H25NO4S. The van der Waals surface area contributed by atoms with E-state index in [4.69, 9.17) is 0 Å². The molecule has 0 amide bonds. The Labute approximate surface area is 155 Å². The Kier molecular flexibility index (Phi) is 7.08. The lowest BCUT2D eigenvalue weighted by atomic mass is 10.00. The van der Waals surface area contributed by atoms with Crippen molar-refractivity contribution in [3.05, 3.63) is 65.7 Å². The molecule has 0 radical (unpaired) electrons. The van der Waals surface area contributed by atoms with Crippen molar-refractivity contribution in [2.45, 2.75) is 37.7 Å². The molecule has 0 aliphatic rings. The highest BCUT2D eigenvalue weighted by Gasteiger charge is 2.30. The van der Waals surface area contributed by atoms with Crippen LogP contribution in [0.2, 0.25) is 0 Å². The lowest BCUT2D eigenvalue weighted by molar-refractivity contribution is 0.0743. The first-order valence-corrected chi connectivity index (χ1v) is 10.2. The predicted octanol–water partition coefficient (Wildman–Crippen LogP) is 3.41. The van der Waals surface area contributed by atoms with Gasteiger partial charge >= 0.3 is 0 Å². The third-order valence-corrected chi connectivity index (χ3v) is 6.04. The lowest BCUT2D eigenvalue weighted by Gasteiger charge is -2.23. The molecular weight excluding hydrogens is 350 g/mol. The van der Waals surface area contributed by atoms with Gasteiger partial charge in [-0.1, -0.05) is 56.3 Å². The molecule has 0 spiro atoms. The highest BCUT2D eigenvalue weighted by Crippen LogP contribution is 2.26. The number of carbonyl (C=O) groups is 1. The average Bonchev–Trinajstić information content (AvgIpc) is 2.67. The number of benzene rings is 2. The van der Waals surface area contributed by atoms with E-state index in [1.165, 1.54) is 16.4 Å². The largest absolute Gasteiger partial charge is 0.380 e. The summed E-state index contributed by atoms with van der Waals surface area (Å²) in [4.78, 5) is 12.8. The maximum Gasteiger partial charge on any atom is 0.243 e. The van der Waals surface area contributed by atoms with Crippen LogP contribution in [0, 0.1) is 0 Å². The van der Waals surface area contributed by atoms with E-state index in [2.05, 4.69) is 0 Å². The van der Waals surface area contributed by atoms with Gasteiger partial charge in [0.2, 0.25) is 10.0 Å². The van der Waals surface area contributed by atoms with Gasteiger partial charge in [0.15, 0.2) is 5.78 Å². The standard InChI is InChI=1S/C20H25NO4S/c1-3-14-21(15-4-2)26(24,25)18-13-9-8-12-17(18)20(23)19(22)16-10-6-5-7-11-16/h5-13,19,22H,3-4,14-15H2,1-2H3. The molecule has 140 valence electrons. The molecule has 26 heavy (non-hydrogen) atoms. The Morgan fingerprint density at radius 3 is 2.08 bits per heavy atom. The molecule has 1 unspecified atom stereocenters. The van der Waals surface area contributed by atoms with Gasteiger partial charge in [-0.25, -0.2) is 8.42 Å². The quantitative estimate of drug-likeness (QED) is 0.682. The zero-order valence-electron chi connectivity index (χ0n) is 15.1. The second kappa shape index (κ2) is 9.07. The van der Waals surface area contributed by atoms with Gasteiger partial charge in [-0.15, -0.1) is 0 Å². The fraction of sp³-hybridized carbons (Fsp3) is 0.350. The van der Waals surface area contributed by atoms with Crippen LogP contribution >= 0.6 is 0 Å². The van der Waals surface area contributed by atoms with E-state index in [1.54, 1.807) is 42.5 Å². The Balaban J connectivity index is 2.45. The van der Waals surface area contributed by atoms with Gasteiger partial charge in [0.25, 0.3) is 0 Å². The molecule has 5 nitrogen and oxygen atoms in total. The molecule has 0 saturated carbocycles. The molecule has 1 atom stereocenters. The van der Waals surface area contributed by atoms with E-state index in [0.717, 1.165) is 0 Å². The maximum absolute atomic E-state index is 13.1. The molecule has 0 bridgehead atoms. The second-order valence-corrected chi connectivity index (χ2v) is 7.98. The summed E-state index contributed by atoms with van der Waals surface area (Å²) in [5.41, 5.74) is 0.449. The van der Waals surface area contributed by atoms with Crippen LogP contribution in [0.4, 0.5) is 0 Å². The summed E-state index contributed by atoms with van der Waals surface area (Å²) in [5.74, 6) is -0.622. The van der Waals surface area contributed by atoms with Crippen molar-refractivity contribution in [3.8, 4) is 0 Å². The number of ketones is 1. The summed E-state index contributed by atoms with van der Waals surface area (Å²) in [7, 11) is -3.82. The van der Waals surface area contributed by atoms with Crippen LogP contribution in [-0.2, 0) is 10.0 Å². The van der Waals surface area contributed by atoms with Gasteiger partial charge < -0.3 is 5.11 Å². The van der Waals surface area contributed by atoms with E-state index < -0.39 is 21.9 Å². The molecule has 0 fully saturated rings. The van der Waals surface area contributed by atoms with Gasteiger partial charge in [0.1, 0.15) is 6.10 Å². The molecule has 1 N–H and O–H groups in total. The fourth-order valence-corrected chi connectivity index (χ4v) is 4.64. The van der Waals surface area contributed by atoms with Crippen LogP contribution in [0.15, 0.2) is 59.5 Å². The number of nitrogens with zero attached hydrogens (tertiary/aromatic N) is 1. The fourth-order valence-electron chi connectivity index (χ4n) is 2.82. The molecule has 0 aliphatic carbocycles. The molecule has 0 aromatic heterocycles. The number of aliphatic hydroxyl groups excluding tert-OH is 1. The SMILES string of the molecule is CCCN(CCC)S(=O)(=O)c1ccccc1C(=O)C(O)c1ccccc1. The van der Waals surface area contributed by atoms with Crippen LogP contribution < -0.4 is 0 Å². The van der Waals surface area contributed by atoms with Crippen molar-refractivity contribution in [3.63, 3.8) is 0 Å². The van der Waals surface area contributed by atoms with Crippen molar-refractivity contribution < 1.29 is 18.3 Å².